The normalized spacial score (nSPS) is 16.1. The summed E-state index contributed by atoms with van der Waals surface area (Å²) < 4.78 is 40.2. The highest BCUT2D eigenvalue weighted by Crippen LogP contribution is 2.26. The van der Waals surface area contributed by atoms with Gasteiger partial charge in [0.25, 0.3) is 0 Å². The molecule has 0 spiro atoms. The highest BCUT2D eigenvalue weighted by molar-refractivity contribution is 7.88. The Hall–Kier alpha value is -2.55. The number of hydrogen-bond donors (Lipinski definition) is 0. The zero-order valence-corrected chi connectivity index (χ0v) is 17.9. The number of benzene rings is 2. The molecular weight excluding hydrogens is 403 g/mol. The van der Waals surface area contributed by atoms with Crippen LogP contribution in [0.2, 0.25) is 0 Å². The quantitative estimate of drug-likeness (QED) is 0.627. The second-order valence-corrected chi connectivity index (χ2v) is 9.71. The van der Waals surface area contributed by atoms with Crippen LogP contribution in [0.4, 0.5) is 4.39 Å². The fraction of sp³-hybridized carbons (Fsp3) is 0.318. The van der Waals surface area contributed by atoms with Crippen molar-refractivity contribution in [1.29, 1.82) is 0 Å². The lowest BCUT2D eigenvalue weighted by atomic mass is 10.1. The van der Waals surface area contributed by atoms with Gasteiger partial charge in [-0.15, -0.1) is 0 Å². The molecule has 0 amide bonds. The Morgan fingerprint density at radius 3 is 2.20 bits per heavy atom. The van der Waals surface area contributed by atoms with Gasteiger partial charge in [-0.25, -0.2) is 17.5 Å². The third-order valence-corrected chi connectivity index (χ3v) is 6.70. The van der Waals surface area contributed by atoms with Crippen LogP contribution in [-0.2, 0) is 16.6 Å². The average Bonchev–Trinajstić information content (AvgIpc) is 3.12. The monoisotopic (exact) mass is 428 g/mol. The Kier molecular flexibility index (Phi) is 5.73. The number of sulfonamides is 1. The molecule has 0 unspecified atom stereocenters. The van der Waals surface area contributed by atoms with Crippen molar-refractivity contribution in [2.75, 3.05) is 32.4 Å². The Labute approximate surface area is 176 Å². The van der Waals surface area contributed by atoms with Crippen molar-refractivity contribution in [2.45, 2.75) is 13.5 Å². The zero-order valence-electron chi connectivity index (χ0n) is 17.1. The van der Waals surface area contributed by atoms with Crippen molar-refractivity contribution in [2.24, 2.45) is 0 Å². The predicted octanol–water partition coefficient (Wildman–Crippen LogP) is 3.06. The SMILES string of the molecule is Cc1ccc(-c2nn(-c3ccc(F)cc3)cc2CN2CCN(S(C)(=O)=O)CC2)cc1. The van der Waals surface area contributed by atoms with E-state index in [1.54, 1.807) is 16.8 Å². The van der Waals surface area contributed by atoms with Gasteiger partial charge >= 0.3 is 0 Å². The van der Waals surface area contributed by atoms with Gasteiger partial charge in [0.1, 0.15) is 5.82 Å². The molecule has 4 rings (SSSR count). The van der Waals surface area contributed by atoms with Crippen LogP contribution in [0.5, 0.6) is 0 Å². The van der Waals surface area contributed by atoms with E-state index in [1.165, 1.54) is 28.3 Å². The molecule has 1 fully saturated rings. The third kappa shape index (κ3) is 4.61. The van der Waals surface area contributed by atoms with Gasteiger partial charge in [-0.05, 0) is 31.2 Å². The van der Waals surface area contributed by atoms with Crippen LogP contribution in [0.25, 0.3) is 16.9 Å². The fourth-order valence-corrected chi connectivity index (χ4v) is 4.49. The average molecular weight is 429 g/mol. The van der Waals surface area contributed by atoms with Crippen LogP contribution in [0.1, 0.15) is 11.1 Å². The number of hydrogen-bond acceptors (Lipinski definition) is 4. The van der Waals surface area contributed by atoms with Crippen LogP contribution >= 0.6 is 0 Å². The van der Waals surface area contributed by atoms with Gasteiger partial charge in [-0.2, -0.15) is 9.40 Å². The topological polar surface area (TPSA) is 58.4 Å². The molecule has 0 saturated carbocycles. The van der Waals surface area contributed by atoms with E-state index in [2.05, 4.69) is 29.2 Å². The van der Waals surface area contributed by atoms with Gasteiger partial charge in [0.05, 0.1) is 17.6 Å². The van der Waals surface area contributed by atoms with Crippen molar-refractivity contribution in [3.05, 3.63) is 71.7 Å². The summed E-state index contributed by atoms with van der Waals surface area (Å²) in [6.07, 6.45) is 3.23. The van der Waals surface area contributed by atoms with Crippen molar-refractivity contribution < 1.29 is 12.8 Å². The molecule has 0 N–H and O–H groups in total. The molecule has 0 radical (unpaired) electrons. The number of rotatable bonds is 5. The number of aryl methyl sites for hydroxylation is 1. The summed E-state index contributed by atoms with van der Waals surface area (Å²) in [6, 6.07) is 14.5. The number of halogens is 1. The Balaban J connectivity index is 1.62. The van der Waals surface area contributed by atoms with E-state index in [0.717, 1.165) is 22.5 Å². The summed E-state index contributed by atoms with van der Waals surface area (Å²) >= 11 is 0. The first-order valence-electron chi connectivity index (χ1n) is 9.88. The Morgan fingerprint density at radius 1 is 0.967 bits per heavy atom. The maximum absolute atomic E-state index is 13.3. The van der Waals surface area contributed by atoms with E-state index in [-0.39, 0.29) is 5.82 Å². The summed E-state index contributed by atoms with van der Waals surface area (Å²) in [4.78, 5) is 2.24. The molecule has 8 heteroatoms. The van der Waals surface area contributed by atoms with E-state index < -0.39 is 10.0 Å². The summed E-state index contributed by atoms with van der Waals surface area (Å²) in [5, 5.41) is 4.79. The summed E-state index contributed by atoms with van der Waals surface area (Å²) in [7, 11) is -3.15. The molecule has 3 aromatic rings. The van der Waals surface area contributed by atoms with Crippen molar-refractivity contribution in [1.82, 2.24) is 19.0 Å². The van der Waals surface area contributed by atoms with Gasteiger partial charge < -0.3 is 0 Å². The third-order valence-electron chi connectivity index (χ3n) is 5.40. The maximum Gasteiger partial charge on any atom is 0.211 e. The fourth-order valence-electron chi connectivity index (χ4n) is 3.67. The molecule has 1 aliphatic heterocycles. The van der Waals surface area contributed by atoms with Crippen LogP contribution in [0.15, 0.2) is 54.7 Å². The molecule has 1 aromatic heterocycles. The smallest absolute Gasteiger partial charge is 0.211 e. The lowest BCUT2D eigenvalue weighted by molar-refractivity contribution is 0.182. The van der Waals surface area contributed by atoms with E-state index in [1.807, 2.05) is 13.1 Å². The van der Waals surface area contributed by atoms with Crippen LogP contribution in [0, 0.1) is 12.7 Å². The van der Waals surface area contributed by atoms with Crippen molar-refractivity contribution in [3.8, 4) is 16.9 Å². The van der Waals surface area contributed by atoms with E-state index in [0.29, 0.717) is 32.7 Å². The summed E-state index contributed by atoms with van der Waals surface area (Å²) in [6.45, 7) is 5.03. The molecule has 0 aliphatic carbocycles. The second-order valence-electron chi connectivity index (χ2n) is 7.73. The standard InChI is InChI=1S/C22H25FN4O2S/c1-17-3-5-18(6-4-17)22-19(15-25-11-13-26(14-12-25)30(2,28)29)16-27(24-22)21-9-7-20(23)8-10-21/h3-10,16H,11-15H2,1-2H3. The first-order chi connectivity index (χ1) is 14.3. The Morgan fingerprint density at radius 2 is 1.60 bits per heavy atom. The van der Waals surface area contributed by atoms with E-state index in [4.69, 9.17) is 5.10 Å². The highest BCUT2D eigenvalue weighted by atomic mass is 32.2. The first kappa shape index (κ1) is 20.7. The molecule has 158 valence electrons. The minimum Gasteiger partial charge on any atom is -0.296 e. The lowest BCUT2D eigenvalue weighted by Gasteiger charge is -2.33. The molecule has 0 bridgehead atoms. The lowest BCUT2D eigenvalue weighted by Crippen LogP contribution is -2.47. The Bertz CT molecular complexity index is 1120. The molecule has 6 nitrogen and oxygen atoms in total. The van der Waals surface area contributed by atoms with Gasteiger partial charge in [-0.1, -0.05) is 29.8 Å². The number of piperazine rings is 1. The molecule has 30 heavy (non-hydrogen) atoms. The largest absolute Gasteiger partial charge is 0.296 e. The number of aromatic nitrogens is 2. The van der Waals surface area contributed by atoms with Crippen molar-refractivity contribution >= 4 is 10.0 Å². The molecule has 0 atom stereocenters. The van der Waals surface area contributed by atoms with Crippen molar-refractivity contribution in [3.63, 3.8) is 0 Å². The van der Waals surface area contributed by atoms with Gasteiger partial charge in [-0.3, -0.25) is 4.90 Å². The van der Waals surface area contributed by atoms with Gasteiger partial charge in [0.15, 0.2) is 0 Å². The van der Waals surface area contributed by atoms with E-state index in [9.17, 15) is 12.8 Å². The van der Waals surface area contributed by atoms with Gasteiger partial charge in [0.2, 0.25) is 10.0 Å². The number of nitrogens with zero attached hydrogens (tertiary/aromatic N) is 4. The predicted molar refractivity (Wildman–Crippen MR) is 115 cm³/mol. The molecule has 2 heterocycles. The second kappa shape index (κ2) is 8.29. The molecular formula is C22H25FN4O2S. The summed E-state index contributed by atoms with van der Waals surface area (Å²) in [5.74, 6) is -0.284. The molecule has 2 aromatic carbocycles. The zero-order chi connectivity index (χ0) is 21.3. The van der Waals surface area contributed by atoms with Gasteiger partial charge in [0, 0.05) is 50.0 Å². The van der Waals surface area contributed by atoms with E-state index >= 15 is 0 Å². The maximum atomic E-state index is 13.3. The minimum atomic E-state index is -3.15. The summed E-state index contributed by atoms with van der Waals surface area (Å²) in [5.41, 5.74) is 4.92. The van der Waals surface area contributed by atoms with Crippen LogP contribution in [-0.4, -0.2) is 59.8 Å². The molecule has 1 aliphatic rings. The minimum absolute atomic E-state index is 0.284. The van der Waals surface area contributed by atoms with Crippen LogP contribution in [0.3, 0.4) is 0 Å². The highest BCUT2D eigenvalue weighted by Gasteiger charge is 2.24. The first-order valence-corrected chi connectivity index (χ1v) is 11.7. The molecule has 1 saturated heterocycles. The van der Waals surface area contributed by atoms with Crippen LogP contribution < -0.4 is 0 Å².